The van der Waals surface area contributed by atoms with Gasteiger partial charge >= 0.3 is 5.97 Å². The lowest BCUT2D eigenvalue weighted by Crippen LogP contribution is -2.14. The van der Waals surface area contributed by atoms with E-state index in [2.05, 4.69) is 16.2 Å². The monoisotopic (exact) mass is 354 g/mol. The van der Waals surface area contributed by atoms with Crippen molar-refractivity contribution in [2.45, 2.75) is 12.8 Å². The molecule has 0 aliphatic rings. The molecule has 0 saturated carbocycles. The summed E-state index contributed by atoms with van der Waals surface area (Å²) in [6.45, 7) is 1.28. The summed E-state index contributed by atoms with van der Waals surface area (Å²) in [6, 6.07) is 10.9. The lowest BCUT2D eigenvalue weighted by Gasteiger charge is -2.10. The molecule has 0 saturated heterocycles. The lowest BCUT2D eigenvalue weighted by molar-refractivity contribution is -0.139. The molecule has 0 spiro atoms. The maximum absolute atomic E-state index is 11.0. The predicted molar refractivity (Wildman–Crippen MR) is 99.5 cm³/mol. The number of anilines is 1. The molecule has 1 unspecified atom stereocenters. The van der Waals surface area contributed by atoms with Gasteiger partial charge in [0.15, 0.2) is 0 Å². The van der Waals surface area contributed by atoms with E-state index in [1.807, 2.05) is 30.3 Å². The SMILES string of the molecule is C#CC(Cc1ccc(OCCCNc2cc(OC)ccn2)cc1)C(=O)O. The summed E-state index contributed by atoms with van der Waals surface area (Å²) in [5, 5.41) is 12.2. The molecule has 2 N–H and O–H groups in total. The second kappa shape index (κ2) is 9.94. The molecule has 0 aliphatic heterocycles. The van der Waals surface area contributed by atoms with E-state index < -0.39 is 11.9 Å². The number of terminal acetylenes is 1. The van der Waals surface area contributed by atoms with Gasteiger partial charge in [-0.1, -0.05) is 18.1 Å². The summed E-state index contributed by atoms with van der Waals surface area (Å²) >= 11 is 0. The average Bonchev–Trinajstić information content (AvgIpc) is 2.66. The Balaban J connectivity index is 1.71. The number of ether oxygens (including phenoxy) is 2. The van der Waals surface area contributed by atoms with E-state index in [1.165, 1.54) is 0 Å². The minimum atomic E-state index is -0.981. The summed E-state index contributed by atoms with van der Waals surface area (Å²) in [5.74, 6) is 2.75. The zero-order valence-corrected chi connectivity index (χ0v) is 14.6. The predicted octanol–water partition coefficient (Wildman–Crippen LogP) is 2.85. The number of rotatable bonds is 10. The van der Waals surface area contributed by atoms with Gasteiger partial charge in [0.05, 0.1) is 13.7 Å². The van der Waals surface area contributed by atoms with Gasteiger partial charge in [-0.15, -0.1) is 6.42 Å². The number of methoxy groups -OCH3 is 1. The van der Waals surface area contributed by atoms with Gasteiger partial charge < -0.3 is 19.9 Å². The highest BCUT2D eigenvalue weighted by atomic mass is 16.5. The van der Waals surface area contributed by atoms with E-state index in [4.69, 9.17) is 21.0 Å². The molecule has 26 heavy (non-hydrogen) atoms. The third kappa shape index (κ3) is 6.02. The van der Waals surface area contributed by atoms with Crippen molar-refractivity contribution in [2.75, 3.05) is 25.6 Å². The van der Waals surface area contributed by atoms with Crippen LogP contribution in [0.3, 0.4) is 0 Å². The topological polar surface area (TPSA) is 80.7 Å². The van der Waals surface area contributed by atoms with E-state index in [0.717, 1.165) is 35.8 Å². The zero-order valence-electron chi connectivity index (χ0n) is 14.6. The third-order valence-electron chi connectivity index (χ3n) is 3.73. The summed E-state index contributed by atoms with van der Waals surface area (Å²) in [5.41, 5.74) is 0.869. The van der Waals surface area contributed by atoms with Crippen LogP contribution >= 0.6 is 0 Å². The second-order valence-corrected chi connectivity index (χ2v) is 5.62. The van der Waals surface area contributed by atoms with Crippen LogP contribution in [-0.2, 0) is 11.2 Å². The third-order valence-corrected chi connectivity index (χ3v) is 3.73. The fraction of sp³-hybridized carbons (Fsp3) is 0.300. The summed E-state index contributed by atoms with van der Waals surface area (Å²) < 4.78 is 10.8. The Bertz CT molecular complexity index is 753. The fourth-order valence-electron chi connectivity index (χ4n) is 2.29. The Kier molecular flexibility index (Phi) is 7.31. The van der Waals surface area contributed by atoms with Crippen molar-refractivity contribution >= 4 is 11.8 Å². The van der Waals surface area contributed by atoms with Crippen molar-refractivity contribution in [3.63, 3.8) is 0 Å². The largest absolute Gasteiger partial charge is 0.497 e. The first-order valence-electron chi connectivity index (χ1n) is 8.27. The first-order chi connectivity index (χ1) is 12.6. The van der Waals surface area contributed by atoms with Gasteiger partial charge in [-0.05, 0) is 36.6 Å². The van der Waals surface area contributed by atoms with Crippen LogP contribution in [0.25, 0.3) is 0 Å². The van der Waals surface area contributed by atoms with Crippen molar-refractivity contribution in [3.8, 4) is 23.8 Å². The van der Waals surface area contributed by atoms with Crippen molar-refractivity contribution < 1.29 is 19.4 Å². The highest BCUT2D eigenvalue weighted by Gasteiger charge is 2.14. The van der Waals surface area contributed by atoms with Crippen LogP contribution in [0.5, 0.6) is 11.5 Å². The summed E-state index contributed by atoms with van der Waals surface area (Å²) in [4.78, 5) is 15.2. The molecular weight excluding hydrogens is 332 g/mol. The van der Waals surface area contributed by atoms with Gasteiger partial charge in [-0.2, -0.15) is 0 Å². The van der Waals surface area contributed by atoms with Crippen molar-refractivity contribution in [3.05, 3.63) is 48.2 Å². The molecule has 0 bridgehead atoms. The number of carboxylic acid groups (broad SMARTS) is 1. The molecule has 0 radical (unpaired) electrons. The van der Waals surface area contributed by atoms with E-state index in [0.29, 0.717) is 13.0 Å². The Morgan fingerprint density at radius 3 is 2.73 bits per heavy atom. The quantitative estimate of drug-likeness (QED) is 0.504. The minimum Gasteiger partial charge on any atom is -0.497 e. The first-order valence-corrected chi connectivity index (χ1v) is 8.27. The summed E-state index contributed by atoms with van der Waals surface area (Å²) in [7, 11) is 1.62. The number of pyridine rings is 1. The minimum absolute atomic E-state index is 0.309. The molecule has 0 amide bonds. The molecule has 0 fully saturated rings. The molecule has 2 rings (SSSR count). The van der Waals surface area contributed by atoms with Gasteiger partial charge in [0.2, 0.25) is 0 Å². The molecule has 2 aromatic rings. The summed E-state index contributed by atoms with van der Waals surface area (Å²) in [6.07, 6.45) is 8.03. The van der Waals surface area contributed by atoms with Gasteiger partial charge in [0.1, 0.15) is 23.2 Å². The number of benzene rings is 1. The fourth-order valence-corrected chi connectivity index (χ4v) is 2.29. The van der Waals surface area contributed by atoms with E-state index in [-0.39, 0.29) is 0 Å². The average molecular weight is 354 g/mol. The molecule has 1 aromatic carbocycles. The number of hydrogen-bond donors (Lipinski definition) is 2. The Morgan fingerprint density at radius 2 is 2.08 bits per heavy atom. The molecular formula is C20H22N2O4. The van der Waals surface area contributed by atoms with E-state index >= 15 is 0 Å². The van der Waals surface area contributed by atoms with Crippen LogP contribution in [0.4, 0.5) is 5.82 Å². The molecule has 6 heteroatoms. The Morgan fingerprint density at radius 1 is 1.31 bits per heavy atom. The number of nitrogens with zero attached hydrogens (tertiary/aromatic N) is 1. The van der Waals surface area contributed by atoms with Crippen LogP contribution in [-0.4, -0.2) is 36.3 Å². The normalized spacial score (nSPS) is 11.2. The number of aliphatic carboxylic acids is 1. The molecule has 136 valence electrons. The van der Waals surface area contributed by atoms with Gasteiger partial charge in [0, 0.05) is 18.8 Å². The smallest absolute Gasteiger partial charge is 0.319 e. The lowest BCUT2D eigenvalue weighted by atomic mass is 10.0. The number of nitrogens with one attached hydrogen (secondary N) is 1. The maximum atomic E-state index is 11.0. The number of hydrogen-bond acceptors (Lipinski definition) is 5. The standard InChI is InChI=1S/C20H22N2O4/c1-3-16(20(23)24)13-15-5-7-17(8-6-15)26-12-4-10-21-19-14-18(25-2)9-11-22-19/h1,5-9,11,14,16H,4,10,12-13H2,2H3,(H,21,22)(H,23,24). The number of carboxylic acids is 1. The van der Waals surface area contributed by atoms with E-state index in [1.54, 1.807) is 19.4 Å². The van der Waals surface area contributed by atoms with Crippen LogP contribution in [0.1, 0.15) is 12.0 Å². The van der Waals surface area contributed by atoms with E-state index in [9.17, 15) is 4.79 Å². The Hall–Kier alpha value is -3.20. The maximum Gasteiger partial charge on any atom is 0.319 e. The molecule has 6 nitrogen and oxygen atoms in total. The van der Waals surface area contributed by atoms with Crippen molar-refractivity contribution in [1.82, 2.24) is 4.98 Å². The van der Waals surface area contributed by atoms with Crippen LogP contribution < -0.4 is 14.8 Å². The molecule has 1 heterocycles. The number of aromatic nitrogens is 1. The van der Waals surface area contributed by atoms with Gasteiger partial charge in [-0.3, -0.25) is 4.79 Å². The van der Waals surface area contributed by atoms with Crippen LogP contribution in [0.15, 0.2) is 42.6 Å². The van der Waals surface area contributed by atoms with Crippen LogP contribution in [0, 0.1) is 18.3 Å². The molecule has 1 atom stereocenters. The second-order valence-electron chi connectivity index (χ2n) is 5.62. The van der Waals surface area contributed by atoms with Gasteiger partial charge in [-0.25, -0.2) is 4.98 Å². The highest BCUT2D eigenvalue weighted by molar-refractivity contribution is 5.73. The van der Waals surface area contributed by atoms with Crippen molar-refractivity contribution in [2.24, 2.45) is 5.92 Å². The zero-order chi connectivity index (χ0) is 18.8. The molecule has 1 aromatic heterocycles. The Labute approximate surface area is 153 Å². The number of carbonyl (C=O) groups is 1. The first kappa shape index (κ1) is 19.1. The van der Waals surface area contributed by atoms with Crippen molar-refractivity contribution in [1.29, 1.82) is 0 Å². The van der Waals surface area contributed by atoms with Crippen LogP contribution in [0.2, 0.25) is 0 Å². The highest BCUT2D eigenvalue weighted by Crippen LogP contribution is 2.16. The van der Waals surface area contributed by atoms with Gasteiger partial charge in [0.25, 0.3) is 0 Å². The molecule has 0 aliphatic carbocycles.